The second-order valence-electron chi connectivity index (χ2n) is 9.25. The molecule has 1 saturated carbocycles. The SMILES string of the molecule is CC(C)CCCCCCC(CCC(C)C)OC(=O)C1CCCCC1C(=O)O. The number of carboxylic acid groups (broad SMARTS) is 1. The minimum Gasteiger partial charge on any atom is -0.481 e. The minimum absolute atomic E-state index is 0.0543. The van der Waals surface area contributed by atoms with E-state index in [0.717, 1.165) is 44.4 Å². The molecule has 0 aliphatic heterocycles. The Balaban J connectivity index is 2.49. The fourth-order valence-electron chi connectivity index (χ4n) is 4.02. The molecule has 0 heterocycles. The Kier molecular flexibility index (Phi) is 11.7. The molecule has 0 radical (unpaired) electrons. The zero-order valence-electron chi connectivity index (χ0n) is 18.0. The van der Waals surface area contributed by atoms with Crippen LogP contribution in [0.1, 0.15) is 105 Å². The van der Waals surface area contributed by atoms with Gasteiger partial charge in [-0.05, 0) is 50.4 Å². The van der Waals surface area contributed by atoms with E-state index in [2.05, 4.69) is 27.7 Å². The largest absolute Gasteiger partial charge is 0.481 e. The highest BCUT2D eigenvalue weighted by molar-refractivity contribution is 5.81. The topological polar surface area (TPSA) is 63.6 Å². The second-order valence-corrected chi connectivity index (χ2v) is 9.25. The van der Waals surface area contributed by atoms with E-state index in [9.17, 15) is 14.7 Å². The first-order chi connectivity index (χ1) is 12.8. The van der Waals surface area contributed by atoms with Crippen LogP contribution in [0.3, 0.4) is 0 Å². The lowest BCUT2D eigenvalue weighted by atomic mass is 9.79. The van der Waals surface area contributed by atoms with E-state index in [0.29, 0.717) is 18.8 Å². The van der Waals surface area contributed by atoms with E-state index in [1.54, 1.807) is 0 Å². The normalized spacial score (nSPS) is 21.4. The fourth-order valence-corrected chi connectivity index (χ4v) is 4.02. The van der Waals surface area contributed by atoms with Gasteiger partial charge in [-0.3, -0.25) is 9.59 Å². The lowest BCUT2D eigenvalue weighted by Crippen LogP contribution is -2.35. The smallest absolute Gasteiger partial charge is 0.310 e. The number of aliphatic carboxylic acids is 1. The molecule has 0 bridgehead atoms. The van der Waals surface area contributed by atoms with Crippen LogP contribution in [0.2, 0.25) is 0 Å². The van der Waals surface area contributed by atoms with Gasteiger partial charge in [0.05, 0.1) is 11.8 Å². The molecule has 0 aromatic rings. The summed E-state index contributed by atoms with van der Waals surface area (Å²) in [7, 11) is 0. The number of carboxylic acids is 1. The molecule has 3 unspecified atom stereocenters. The van der Waals surface area contributed by atoms with Gasteiger partial charge in [-0.15, -0.1) is 0 Å². The molecule has 0 spiro atoms. The zero-order valence-corrected chi connectivity index (χ0v) is 18.0. The zero-order chi connectivity index (χ0) is 20.2. The lowest BCUT2D eigenvalue weighted by Gasteiger charge is -2.29. The summed E-state index contributed by atoms with van der Waals surface area (Å²) < 4.78 is 5.86. The van der Waals surface area contributed by atoms with E-state index in [1.165, 1.54) is 25.7 Å². The first-order valence-corrected chi connectivity index (χ1v) is 11.2. The quantitative estimate of drug-likeness (QED) is 0.303. The van der Waals surface area contributed by atoms with E-state index in [-0.39, 0.29) is 12.1 Å². The third kappa shape index (κ3) is 10.2. The Bertz CT molecular complexity index is 430. The molecule has 4 heteroatoms. The maximum absolute atomic E-state index is 12.7. The van der Waals surface area contributed by atoms with Crippen LogP contribution in [0.15, 0.2) is 0 Å². The highest BCUT2D eigenvalue weighted by Crippen LogP contribution is 2.32. The van der Waals surface area contributed by atoms with Gasteiger partial charge in [0.25, 0.3) is 0 Å². The maximum Gasteiger partial charge on any atom is 0.310 e. The Morgan fingerprint density at radius 1 is 0.815 bits per heavy atom. The minimum atomic E-state index is -0.847. The van der Waals surface area contributed by atoms with Gasteiger partial charge in [0.2, 0.25) is 0 Å². The maximum atomic E-state index is 12.7. The van der Waals surface area contributed by atoms with Gasteiger partial charge >= 0.3 is 11.9 Å². The second kappa shape index (κ2) is 13.2. The van der Waals surface area contributed by atoms with Crippen LogP contribution in [-0.2, 0) is 14.3 Å². The molecule has 4 nitrogen and oxygen atoms in total. The van der Waals surface area contributed by atoms with E-state index in [1.807, 2.05) is 0 Å². The van der Waals surface area contributed by atoms with Crippen molar-refractivity contribution < 1.29 is 19.4 Å². The van der Waals surface area contributed by atoms with Gasteiger partial charge in [-0.25, -0.2) is 0 Å². The van der Waals surface area contributed by atoms with Crippen molar-refractivity contribution in [3.8, 4) is 0 Å². The molecule has 1 fully saturated rings. The molecular weight excluding hydrogens is 340 g/mol. The molecule has 1 N–H and O–H groups in total. The molecule has 0 aromatic heterocycles. The monoisotopic (exact) mass is 382 g/mol. The third-order valence-electron chi connectivity index (χ3n) is 5.79. The summed E-state index contributed by atoms with van der Waals surface area (Å²) in [6, 6.07) is 0. The first-order valence-electron chi connectivity index (χ1n) is 11.2. The highest BCUT2D eigenvalue weighted by Gasteiger charge is 2.37. The molecule has 1 aliphatic rings. The summed E-state index contributed by atoms with van der Waals surface area (Å²) in [6.45, 7) is 8.90. The Hall–Kier alpha value is -1.06. The number of esters is 1. The van der Waals surface area contributed by atoms with Crippen LogP contribution >= 0.6 is 0 Å². The van der Waals surface area contributed by atoms with Gasteiger partial charge in [-0.1, -0.05) is 66.2 Å². The summed E-state index contributed by atoms with van der Waals surface area (Å²) in [4.78, 5) is 24.2. The number of ether oxygens (including phenoxy) is 1. The van der Waals surface area contributed by atoms with Crippen LogP contribution < -0.4 is 0 Å². The number of hydrogen-bond donors (Lipinski definition) is 1. The fraction of sp³-hybridized carbons (Fsp3) is 0.913. The van der Waals surface area contributed by atoms with Gasteiger partial charge in [0.1, 0.15) is 6.10 Å². The molecule has 3 atom stereocenters. The molecule has 1 rings (SSSR count). The van der Waals surface area contributed by atoms with Crippen LogP contribution in [0.25, 0.3) is 0 Å². The van der Waals surface area contributed by atoms with Crippen molar-refractivity contribution in [2.45, 2.75) is 111 Å². The number of carbonyl (C=O) groups is 2. The van der Waals surface area contributed by atoms with Crippen LogP contribution in [0.4, 0.5) is 0 Å². The van der Waals surface area contributed by atoms with Crippen molar-refractivity contribution in [3.05, 3.63) is 0 Å². The first kappa shape index (κ1) is 24.0. The Morgan fingerprint density at radius 3 is 1.93 bits per heavy atom. The van der Waals surface area contributed by atoms with Gasteiger partial charge in [-0.2, -0.15) is 0 Å². The van der Waals surface area contributed by atoms with Crippen molar-refractivity contribution >= 4 is 11.9 Å². The van der Waals surface area contributed by atoms with Crippen LogP contribution in [0.5, 0.6) is 0 Å². The van der Waals surface area contributed by atoms with Gasteiger partial charge in [0, 0.05) is 0 Å². The molecule has 0 aromatic carbocycles. The van der Waals surface area contributed by atoms with Gasteiger partial charge < -0.3 is 9.84 Å². The van der Waals surface area contributed by atoms with Crippen LogP contribution in [0, 0.1) is 23.7 Å². The van der Waals surface area contributed by atoms with Crippen molar-refractivity contribution in [3.63, 3.8) is 0 Å². The van der Waals surface area contributed by atoms with Crippen molar-refractivity contribution in [2.24, 2.45) is 23.7 Å². The number of unbranched alkanes of at least 4 members (excludes halogenated alkanes) is 3. The summed E-state index contributed by atoms with van der Waals surface area (Å²) in [5.41, 5.74) is 0. The summed E-state index contributed by atoms with van der Waals surface area (Å²) in [6.07, 6.45) is 11.9. The van der Waals surface area contributed by atoms with E-state index < -0.39 is 17.8 Å². The van der Waals surface area contributed by atoms with E-state index in [4.69, 9.17) is 4.74 Å². The average Bonchev–Trinajstić information content (AvgIpc) is 2.61. The summed E-state index contributed by atoms with van der Waals surface area (Å²) in [5, 5.41) is 9.42. The lowest BCUT2D eigenvalue weighted by molar-refractivity contribution is -0.164. The Morgan fingerprint density at radius 2 is 1.37 bits per heavy atom. The standard InChI is InChI=1S/C23H42O4/c1-17(2)11-7-5-6-8-12-19(16-15-18(3)4)27-23(26)21-14-10-9-13-20(21)22(24)25/h17-21H,5-16H2,1-4H3,(H,24,25). The highest BCUT2D eigenvalue weighted by atomic mass is 16.5. The Labute approximate surface area is 166 Å². The third-order valence-corrected chi connectivity index (χ3v) is 5.79. The van der Waals surface area contributed by atoms with Crippen molar-refractivity contribution in [1.82, 2.24) is 0 Å². The van der Waals surface area contributed by atoms with Crippen molar-refractivity contribution in [1.29, 1.82) is 0 Å². The molecule has 1 aliphatic carbocycles. The summed E-state index contributed by atoms with van der Waals surface area (Å²) >= 11 is 0. The van der Waals surface area contributed by atoms with Crippen molar-refractivity contribution in [2.75, 3.05) is 0 Å². The number of hydrogen-bond acceptors (Lipinski definition) is 3. The average molecular weight is 383 g/mol. The van der Waals surface area contributed by atoms with E-state index >= 15 is 0 Å². The predicted molar refractivity (Wildman–Crippen MR) is 110 cm³/mol. The number of rotatable bonds is 13. The number of carbonyl (C=O) groups excluding carboxylic acids is 1. The van der Waals surface area contributed by atoms with Crippen LogP contribution in [-0.4, -0.2) is 23.1 Å². The predicted octanol–water partition coefficient (Wildman–Crippen LogP) is 6.22. The summed E-state index contributed by atoms with van der Waals surface area (Å²) in [5.74, 6) is -0.783. The molecule has 27 heavy (non-hydrogen) atoms. The molecule has 0 saturated heterocycles. The molecule has 0 amide bonds. The molecule has 158 valence electrons. The van der Waals surface area contributed by atoms with Gasteiger partial charge in [0.15, 0.2) is 0 Å². The molecular formula is C23H42O4.